The Morgan fingerprint density at radius 3 is 2.77 bits per heavy atom. The van der Waals surface area contributed by atoms with E-state index >= 15 is 0 Å². The van der Waals surface area contributed by atoms with Gasteiger partial charge in [0.05, 0.1) is 5.60 Å². The highest BCUT2D eigenvalue weighted by atomic mass is 32.2. The molecule has 7 nitrogen and oxygen atoms in total. The zero-order valence-electron chi connectivity index (χ0n) is 15.1. The fourth-order valence-electron chi connectivity index (χ4n) is 2.62. The maximum atomic E-state index is 12.1. The molecule has 8 heteroatoms. The minimum atomic E-state index is -1.06. The molecule has 142 valence electrons. The first-order valence-corrected chi connectivity index (χ1v) is 9.93. The Kier molecular flexibility index (Phi) is 7.05. The molecule has 0 aromatic heterocycles. The smallest absolute Gasteiger partial charge is 0.313 e. The summed E-state index contributed by atoms with van der Waals surface area (Å²) < 4.78 is 0. The molecule has 1 fully saturated rings. The number of aliphatic hydroxyl groups is 1. The Morgan fingerprint density at radius 1 is 1.35 bits per heavy atom. The van der Waals surface area contributed by atoms with E-state index in [9.17, 15) is 19.5 Å². The quantitative estimate of drug-likeness (QED) is 0.622. The Bertz CT molecular complexity index is 678. The van der Waals surface area contributed by atoms with Gasteiger partial charge in [0.15, 0.2) is 0 Å². The fourth-order valence-corrected chi connectivity index (χ4v) is 3.27. The van der Waals surface area contributed by atoms with E-state index in [1.807, 2.05) is 6.26 Å². The lowest BCUT2D eigenvalue weighted by Gasteiger charge is -2.23. The third-order valence-corrected chi connectivity index (χ3v) is 4.78. The lowest BCUT2D eigenvalue weighted by Crippen LogP contribution is -2.44. The van der Waals surface area contributed by atoms with Crippen LogP contribution >= 0.6 is 11.8 Å². The van der Waals surface area contributed by atoms with Crippen molar-refractivity contribution in [3.63, 3.8) is 0 Å². The van der Waals surface area contributed by atoms with E-state index in [2.05, 4.69) is 10.6 Å². The topological polar surface area (TPSA) is 98.7 Å². The largest absolute Gasteiger partial charge is 0.388 e. The van der Waals surface area contributed by atoms with Gasteiger partial charge in [-0.25, -0.2) is 0 Å². The Hall–Kier alpha value is -2.06. The number of benzene rings is 1. The number of hydrogen-bond donors (Lipinski definition) is 3. The molecule has 0 saturated carbocycles. The summed E-state index contributed by atoms with van der Waals surface area (Å²) in [6, 6.07) is 6.84. The number of amides is 3. The molecule has 26 heavy (non-hydrogen) atoms. The summed E-state index contributed by atoms with van der Waals surface area (Å²) in [7, 11) is 0. The van der Waals surface area contributed by atoms with Crippen LogP contribution in [0, 0.1) is 0 Å². The van der Waals surface area contributed by atoms with E-state index in [1.165, 1.54) is 0 Å². The van der Waals surface area contributed by atoms with Crippen molar-refractivity contribution < 1.29 is 19.5 Å². The van der Waals surface area contributed by atoms with Gasteiger partial charge in [0.2, 0.25) is 5.91 Å². The van der Waals surface area contributed by atoms with Crippen LogP contribution < -0.4 is 15.5 Å². The number of nitrogens with zero attached hydrogens (tertiary/aromatic N) is 1. The first kappa shape index (κ1) is 20.3. The normalized spacial score (nSPS) is 16.3. The third-order valence-electron chi connectivity index (χ3n) is 4.17. The molecule has 0 radical (unpaired) electrons. The number of rotatable bonds is 7. The SMILES string of the molecule is CSCCC(C)(O)CNC(=O)C(=O)Nc1cccc(N2CCCC2=O)c1. The number of nitrogens with one attached hydrogen (secondary N) is 2. The predicted molar refractivity (Wildman–Crippen MR) is 103 cm³/mol. The lowest BCUT2D eigenvalue weighted by molar-refractivity contribution is -0.136. The van der Waals surface area contributed by atoms with E-state index in [0.717, 1.165) is 12.2 Å². The van der Waals surface area contributed by atoms with Gasteiger partial charge in [0.25, 0.3) is 0 Å². The summed E-state index contributed by atoms with van der Waals surface area (Å²) >= 11 is 1.60. The second-order valence-electron chi connectivity index (χ2n) is 6.58. The molecule has 1 atom stereocenters. The predicted octanol–water partition coefficient (Wildman–Crippen LogP) is 1.37. The van der Waals surface area contributed by atoms with Gasteiger partial charge in [-0.3, -0.25) is 14.4 Å². The second-order valence-corrected chi connectivity index (χ2v) is 7.56. The van der Waals surface area contributed by atoms with Gasteiger partial charge < -0.3 is 20.6 Å². The molecule has 1 unspecified atom stereocenters. The van der Waals surface area contributed by atoms with Gasteiger partial charge in [-0.2, -0.15) is 11.8 Å². The van der Waals surface area contributed by atoms with Gasteiger partial charge >= 0.3 is 11.8 Å². The van der Waals surface area contributed by atoms with Gasteiger partial charge in [-0.15, -0.1) is 0 Å². The molecule has 0 spiro atoms. The van der Waals surface area contributed by atoms with Crippen molar-refractivity contribution in [3.05, 3.63) is 24.3 Å². The van der Waals surface area contributed by atoms with Crippen LogP contribution in [-0.2, 0) is 14.4 Å². The molecule has 0 bridgehead atoms. The molecule has 2 rings (SSSR count). The van der Waals surface area contributed by atoms with E-state index in [0.29, 0.717) is 30.8 Å². The van der Waals surface area contributed by atoms with Crippen molar-refractivity contribution in [3.8, 4) is 0 Å². The van der Waals surface area contributed by atoms with Crippen molar-refractivity contribution in [1.29, 1.82) is 0 Å². The minimum Gasteiger partial charge on any atom is -0.388 e. The molecular formula is C18H25N3O4S. The molecule has 1 aromatic rings. The molecule has 1 saturated heterocycles. The Balaban J connectivity index is 1.90. The van der Waals surface area contributed by atoms with Crippen LogP contribution in [0.5, 0.6) is 0 Å². The Morgan fingerprint density at radius 2 is 2.12 bits per heavy atom. The maximum absolute atomic E-state index is 12.1. The zero-order valence-corrected chi connectivity index (χ0v) is 15.9. The van der Waals surface area contributed by atoms with Gasteiger partial charge in [0.1, 0.15) is 0 Å². The minimum absolute atomic E-state index is 0.00212. The molecule has 1 aliphatic rings. The summed E-state index contributed by atoms with van der Waals surface area (Å²) in [5.74, 6) is -0.803. The van der Waals surface area contributed by atoms with Crippen LogP contribution in [0.25, 0.3) is 0 Å². The number of thioether (sulfide) groups is 1. The fraction of sp³-hybridized carbons (Fsp3) is 0.500. The second kappa shape index (κ2) is 9.05. The lowest BCUT2D eigenvalue weighted by atomic mass is 10.0. The van der Waals surface area contributed by atoms with Crippen LogP contribution in [0.4, 0.5) is 11.4 Å². The first-order chi connectivity index (χ1) is 12.3. The summed E-state index contributed by atoms with van der Waals surface area (Å²) in [4.78, 5) is 37.5. The van der Waals surface area contributed by atoms with E-state index in [4.69, 9.17) is 0 Å². The summed E-state index contributed by atoms with van der Waals surface area (Å²) in [6.07, 6.45) is 3.79. The number of carbonyl (C=O) groups is 3. The molecule has 1 aromatic carbocycles. The molecule has 3 N–H and O–H groups in total. The van der Waals surface area contributed by atoms with Crippen molar-refractivity contribution in [2.24, 2.45) is 0 Å². The average molecular weight is 379 g/mol. The average Bonchev–Trinajstić information content (AvgIpc) is 3.04. The number of hydrogen-bond acceptors (Lipinski definition) is 5. The third kappa shape index (κ3) is 5.74. The van der Waals surface area contributed by atoms with Gasteiger partial charge in [0, 0.05) is 30.9 Å². The van der Waals surface area contributed by atoms with E-state index in [1.54, 1.807) is 47.9 Å². The maximum Gasteiger partial charge on any atom is 0.313 e. The van der Waals surface area contributed by atoms with Crippen molar-refractivity contribution in [2.45, 2.75) is 31.8 Å². The number of anilines is 2. The molecule has 0 aliphatic carbocycles. The zero-order chi connectivity index (χ0) is 19.2. The van der Waals surface area contributed by atoms with Crippen LogP contribution in [0.2, 0.25) is 0 Å². The van der Waals surface area contributed by atoms with Crippen LogP contribution in [0.1, 0.15) is 26.2 Å². The molecule has 1 aliphatic heterocycles. The van der Waals surface area contributed by atoms with Crippen molar-refractivity contribution in [2.75, 3.05) is 35.3 Å². The summed E-state index contributed by atoms with van der Waals surface area (Å²) in [6.45, 7) is 2.28. The molecule has 1 heterocycles. The number of carbonyl (C=O) groups excluding carboxylic acids is 3. The van der Waals surface area contributed by atoms with Crippen molar-refractivity contribution >= 4 is 40.9 Å². The summed E-state index contributed by atoms with van der Waals surface area (Å²) in [5, 5.41) is 15.1. The van der Waals surface area contributed by atoms with Crippen LogP contribution in [0.3, 0.4) is 0 Å². The Labute approximate surface area is 157 Å². The van der Waals surface area contributed by atoms with Crippen molar-refractivity contribution in [1.82, 2.24) is 5.32 Å². The first-order valence-electron chi connectivity index (χ1n) is 8.53. The molecular weight excluding hydrogens is 354 g/mol. The molecule has 3 amide bonds. The van der Waals surface area contributed by atoms with Gasteiger partial charge in [-0.05, 0) is 50.0 Å². The van der Waals surface area contributed by atoms with Gasteiger partial charge in [-0.1, -0.05) is 6.07 Å². The highest BCUT2D eigenvalue weighted by Crippen LogP contribution is 2.24. The van der Waals surface area contributed by atoms with Crippen LogP contribution in [0.15, 0.2) is 24.3 Å². The standard InChI is InChI=1S/C18H25N3O4S/c1-18(25,8-10-26-2)12-19-16(23)17(24)20-13-5-3-6-14(11-13)21-9-4-7-15(21)22/h3,5-6,11,25H,4,7-10,12H2,1-2H3,(H,19,23)(H,20,24). The monoisotopic (exact) mass is 379 g/mol. The van der Waals surface area contributed by atoms with Crippen LogP contribution in [-0.4, -0.2) is 53.5 Å². The highest BCUT2D eigenvalue weighted by molar-refractivity contribution is 7.98. The van der Waals surface area contributed by atoms with E-state index < -0.39 is 17.4 Å². The van der Waals surface area contributed by atoms with E-state index in [-0.39, 0.29) is 12.5 Å². The summed E-state index contributed by atoms with van der Waals surface area (Å²) in [5.41, 5.74) is 0.0804. The highest BCUT2D eigenvalue weighted by Gasteiger charge is 2.24.